The number of hydrogen-bond acceptors (Lipinski definition) is 2. The highest BCUT2D eigenvalue weighted by molar-refractivity contribution is 9.10. The highest BCUT2D eigenvalue weighted by Gasteiger charge is 2.06. The molecule has 0 saturated carbocycles. The van der Waals surface area contributed by atoms with E-state index in [1.54, 1.807) is 12.1 Å². The maximum Gasteiger partial charge on any atom is 0.271 e. The second kappa shape index (κ2) is 6.68. The molecule has 0 aromatic heterocycles. The van der Waals surface area contributed by atoms with Crippen LogP contribution in [0.1, 0.15) is 34.0 Å². The minimum Gasteiger partial charge on any atom is -0.267 e. The zero-order valence-electron chi connectivity index (χ0n) is 12.3. The number of aryl methyl sites for hydroxylation is 2. The van der Waals surface area contributed by atoms with E-state index in [2.05, 4.69) is 26.5 Å². The summed E-state index contributed by atoms with van der Waals surface area (Å²) in [5.41, 5.74) is 7.21. The van der Waals surface area contributed by atoms with Crippen molar-refractivity contribution in [1.29, 1.82) is 0 Å². The van der Waals surface area contributed by atoms with Crippen molar-refractivity contribution in [2.24, 2.45) is 5.10 Å². The highest BCUT2D eigenvalue weighted by Crippen LogP contribution is 2.17. The summed E-state index contributed by atoms with van der Waals surface area (Å²) in [6, 6.07) is 13.5. The van der Waals surface area contributed by atoms with Gasteiger partial charge in [-0.15, -0.1) is 0 Å². The second-order valence-corrected chi connectivity index (χ2v) is 5.82. The van der Waals surface area contributed by atoms with E-state index >= 15 is 0 Å². The van der Waals surface area contributed by atoms with Crippen molar-refractivity contribution in [1.82, 2.24) is 5.43 Å². The predicted octanol–water partition coefficient (Wildman–Crippen LogP) is 4.22. The van der Waals surface area contributed by atoms with Gasteiger partial charge < -0.3 is 0 Å². The summed E-state index contributed by atoms with van der Waals surface area (Å²) in [6.07, 6.45) is 0. The summed E-state index contributed by atoms with van der Waals surface area (Å²) < 4.78 is 0.911. The molecule has 1 amide bonds. The van der Waals surface area contributed by atoms with Crippen molar-refractivity contribution >= 4 is 27.5 Å². The average molecular weight is 345 g/mol. The molecule has 3 nitrogen and oxygen atoms in total. The zero-order valence-corrected chi connectivity index (χ0v) is 13.9. The number of nitrogens with zero attached hydrogens (tertiary/aromatic N) is 1. The topological polar surface area (TPSA) is 41.5 Å². The van der Waals surface area contributed by atoms with Crippen LogP contribution in [-0.2, 0) is 0 Å². The Bertz CT molecular complexity index is 690. The maximum absolute atomic E-state index is 12.1. The maximum atomic E-state index is 12.1. The number of rotatable bonds is 3. The number of nitrogens with one attached hydrogen (secondary N) is 1. The van der Waals surface area contributed by atoms with Gasteiger partial charge in [0.2, 0.25) is 0 Å². The van der Waals surface area contributed by atoms with Crippen molar-refractivity contribution in [3.63, 3.8) is 0 Å². The van der Waals surface area contributed by atoms with E-state index in [-0.39, 0.29) is 5.91 Å². The normalized spacial score (nSPS) is 11.3. The molecule has 4 heteroatoms. The first-order chi connectivity index (χ1) is 9.97. The van der Waals surface area contributed by atoms with Crippen LogP contribution in [-0.4, -0.2) is 11.6 Å². The lowest BCUT2D eigenvalue weighted by Crippen LogP contribution is -2.19. The Kier molecular flexibility index (Phi) is 4.91. The minimum absolute atomic E-state index is 0.220. The largest absolute Gasteiger partial charge is 0.271 e. The predicted molar refractivity (Wildman–Crippen MR) is 89.7 cm³/mol. The van der Waals surface area contributed by atoms with Gasteiger partial charge in [-0.3, -0.25) is 4.79 Å². The number of benzene rings is 2. The molecule has 0 aliphatic carbocycles. The van der Waals surface area contributed by atoms with E-state index < -0.39 is 0 Å². The SMILES string of the molecule is CC(=NNC(=O)c1ccc(C)c(Br)c1)c1ccc(C)cc1. The molecule has 0 heterocycles. The Morgan fingerprint density at radius 3 is 2.29 bits per heavy atom. The molecular weight excluding hydrogens is 328 g/mol. The van der Waals surface area contributed by atoms with Gasteiger partial charge in [0.1, 0.15) is 0 Å². The molecule has 0 bridgehead atoms. The summed E-state index contributed by atoms with van der Waals surface area (Å²) in [6.45, 7) is 5.88. The highest BCUT2D eigenvalue weighted by atomic mass is 79.9. The molecule has 0 radical (unpaired) electrons. The summed E-state index contributed by atoms with van der Waals surface area (Å²) in [5, 5.41) is 4.15. The van der Waals surface area contributed by atoms with Crippen LogP contribution in [0, 0.1) is 13.8 Å². The molecular formula is C17H17BrN2O. The van der Waals surface area contributed by atoms with Crippen LogP contribution in [0.4, 0.5) is 0 Å². The monoisotopic (exact) mass is 344 g/mol. The third-order valence-electron chi connectivity index (χ3n) is 3.23. The lowest BCUT2D eigenvalue weighted by atomic mass is 10.1. The van der Waals surface area contributed by atoms with Gasteiger partial charge in [-0.05, 0) is 44.0 Å². The fraction of sp³-hybridized carbons (Fsp3) is 0.176. The Morgan fingerprint density at radius 2 is 1.67 bits per heavy atom. The Morgan fingerprint density at radius 1 is 1.05 bits per heavy atom. The van der Waals surface area contributed by atoms with Crippen LogP contribution in [0.3, 0.4) is 0 Å². The van der Waals surface area contributed by atoms with Gasteiger partial charge in [0.15, 0.2) is 0 Å². The van der Waals surface area contributed by atoms with Gasteiger partial charge in [-0.1, -0.05) is 51.8 Å². The summed E-state index contributed by atoms with van der Waals surface area (Å²) in [4.78, 5) is 12.1. The third kappa shape index (κ3) is 4.02. The molecule has 1 N–H and O–H groups in total. The molecule has 0 spiro atoms. The molecule has 0 atom stereocenters. The van der Waals surface area contributed by atoms with E-state index in [9.17, 15) is 4.79 Å². The minimum atomic E-state index is -0.220. The number of halogens is 1. The van der Waals surface area contributed by atoms with Gasteiger partial charge in [0, 0.05) is 10.0 Å². The van der Waals surface area contributed by atoms with Crippen LogP contribution in [0.2, 0.25) is 0 Å². The first-order valence-electron chi connectivity index (χ1n) is 6.65. The number of hydrogen-bond donors (Lipinski definition) is 1. The molecule has 2 rings (SSSR count). The van der Waals surface area contributed by atoms with Gasteiger partial charge >= 0.3 is 0 Å². The molecule has 108 valence electrons. The molecule has 0 unspecified atom stereocenters. The number of carbonyl (C=O) groups excluding carboxylic acids is 1. The quantitative estimate of drug-likeness (QED) is 0.657. The van der Waals surface area contributed by atoms with Gasteiger partial charge in [0.05, 0.1) is 5.71 Å². The van der Waals surface area contributed by atoms with E-state index in [0.29, 0.717) is 5.56 Å². The summed E-state index contributed by atoms with van der Waals surface area (Å²) >= 11 is 3.42. The Labute approximate surface area is 133 Å². The van der Waals surface area contributed by atoms with Crippen molar-refractivity contribution in [2.45, 2.75) is 20.8 Å². The van der Waals surface area contributed by atoms with Gasteiger partial charge in [0.25, 0.3) is 5.91 Å². The van der Waals surface area contributed by atoms with Crippen molar-refractivity contribution in [3.8, 4) is 0 Å². The van der Waals surface area contributed by atoms with E-state index in [4.69, 9.17) is 0 Å². The number of amides is 1. The van der Waals surface area contributed by atoms with Crippen LogP contribution >= 0.6 is 15.9 Å². The first kappa shape index (κ1) is 15.4. The summed E-state index contributed by atoms with van der Waals surface area (Å²) in [7, 11) is 0. The first-order valence-corrected chi connectivity index (χ1v) is 7.44. The van der Waals surface area contributed by atoms with Crippen LogP contribution in [0.5, 0.6) is 0 Å². The fourth-order valence-corrected chi connectivity index (χ4v) is 2.17. The number of hydrazone groups is 1. The molecule has 0 aliphatic rings. The zero-order chi connectivity index (χ0) is 15.4. The third-order valence-corrected chi connectivity index (χ3v) is 4.08. The molecule has 0 aliphatic heterocycles. The summed E-state index contributed by atoms with van der Waals surface area (Å²) in [5.74, 6) is -0.220. The van der Waals surface area contributed by atoms with Crippen LogP contribution in [0.15, 0.2) is 52.0 Å². The van der Waals surface area contributed by atoms with Crippen molar-refractivity contribution in [2.75, 3.05) is 0 Å². The number of carbonyl (C=O) groups is 1. The Balaban J connectivity index is 2.10. The molecule has 0 saturated heterocycles. The average Bonchev–Trinajstić information content (AvgIpc) is 2.48. The lowest BCUT2D eigenvalue weighted by molar-refractivity contribution is 0.0955. The second-order valence-electron chi connectivity index (χ2n) is 4.97. The van der Waals surface area contributed by atoms with Crippen LogP contribution < -0.4 is 5.43 Å². The van der Waals surface area contributed by atoms with E-state index in [0.717, 1.165) is 21.3 Å². The Hall–Kier alpha value is -1.94. The van der Waals surface area contributed by atoms with Gasteiger partial charge in [-0.2, -0.15) is 5.10 Å². The van der Waals surface area contributed by atoms with Crippen molar-refractivity contribution in [3.05, 3.63) is 69.2 Å². The fourth-order valence-electron chi connectivity index (χ4n) is 1.79. The van der Waals surface area contributed by atoms with Crippen LogP contribution in [0.25, 0.3) is 0 Å². The molecule has 2 aromatic rings. The smallest absolute Gasteiger partial charge is 0.267 e. The molecule has 2 aromatic carbocycles. The van der Waals surface area contributed by atoms with E-state index in [1.807, 2.05) is 51.1 Å². The van der Waals surface area contributed by atoms with Gasteiger partial charge in [-0.25, -0.2) is 5.43 Å². The molecule has 21 heavy (non-hydrogen) atoms. The molecule has 0 fully saturated rings. The standard InChI is InChI=1S/C17H17BrN2O/c1-11-4-7-14(8-5-11)13(3)19-20-17(21)15-9-6-12(2)16(18)10-15/h4-10H,1-3H3,(H,20,21). The lowest BCUT2D eigenvalue weighted by Gasteiger charge is -2.05. The van der Waals surface area contributed by atoms with E-state index in [1.165, 1.54) is 5.56 Å². The van der Waals surface area contributed by atoms with Crippen molar-refractivity contribution < 1.29 is 4.79 Å².